The summed E-state index contributed by atoms with van der Waals surface area (Å²) in [6, 6.07) is 2.98. The average molecular weight is 277 g/mol. The van der Waals surface area contributed by atoms with Crippen LogP contribution in [-0.4, -0.2) is 37.1 Å². The number of aryl methyl sites for hydroxylation is 1. The van der Waals surface area contributed by atoms with Crippen molar-refractivity contribution in [3.05, 3.63) is 41.2 Å². The third-order valence-electron chi connectivity index (χ3n) is 3.87. The molecule has 0 unspecified atom stereocenters. The lowest BCUT2D eigenvalue weighted by Crippen LogP contribution is -2.41. The molecule has 0 atom stereocenters. The summed E-state index contributed by atoms with van der Waals surface area (Å²) in [6.45, 7) is 6.71. The van der Waals surface area contributed by atoms with Gasteiger partial charge >= 0.3 is 0 Å². The molecule has 2 rings (SSSR count). The number of piperidine rings is 1. The minimum absolute atomic E-state index is 0.126. The number of methoxy groups -OCH3 is 1. The SMILES string of the molecule is C=Cc1cc(C(=O)N2CCC(OC)CC2)c(F)cc1C. The normalized spacial score (nSPS) is 16.2. The lowest BCUT2D eigenvalue weighted by molar-refractivity contribution is 0.0348. The highest BCUT2D eigenvalue weighted by molar-refractivity contribution is 5.95. The summed E-state index contributed by atoms with van der Waals surface area (Å²) in [5.74, 6) is -0.716. The third-order valence-corrected chi connectivity index (χ3v) is 3.87. The topological polar surface area (TPSA) is 29.5 Å². The summed E-state index contributed by atoms with van der Waals surface area (Å²) in [5, 5.41) is 0. The van der Waals surface area contributed by atoms with Gasteiger partial charge in [0.25, 0.3) is 5.91 Å². The highest BCUT2D eigenvalue weighted by Crippen LogP contribution is 2.21. The summed E-state index contributed by atoms with van der Waals surface area (Å²) < 4.78 is 19.3. The van der Waals surface area contributed by atoms with E-state index < -0.39 is 5.82 Å². The van der Waals surface area contributed by atoms with Gasteiger partial charge in [0.1, 0.15) is 5.82 Å². The number of nitrogens with zero attached hydrogens (tertiary/aromatic N) is 1. The number of benzene rings is 1. The molecule has 0 N–H and O–H groups in total. The third kappa shape index (κ3) is 2.90. The maximum absolute atomic E-state index is 14.0. The molecular formula is C16H20FNO2. The number of carbonyl (C=O) groups is 1. The van der Waals surface area contributed by atoms with Gasteiger partial charge < -0.3 is 9.64 Å². The Morgan fingerprint density at radius 1 is 1.45 bits per heavy atom. The Balaban J connectivity index is 2.19. The minimum atomic E-state index is -0.466. The fourth-order valence-corrected chi connectivity index (χ4v) is 2.54. The number of likely N-dealkylation sites (tertiary alicyclic amines) is 1. The van der Waals surface area contributed by atoms with Gasteiger partial charge in [-0.05, 0) is 43.0 Å². The number of carbonyl (C=O) groups excluding carboxylic acids is 1. The molecule has 1 heterocycles. The largest absolute Gasteiger partial charge is 0.381 e. The summed E-state index contributed by atoms with van der Waals surface area (Å²) in [7, 11) is 1.68. The monoisotopic (exact) mass is 277 g/mol. The van der Waals surface area contributed by atoms with E-state index in [-0.39, 0.29) is 17.6 Å². The Bertz CT molecular complexity index is 519. The van der Waals surface area contributed by atoms with E-state index in [0.29, 0.717) is 13.1 Å². The second-order valence-electron chi connectivity index (χ2n) is 5.12. The van der Waals surface area contributed by atoms with Gasteiger partial charge in [0, 0.05) is 20.2 Å². The zero-order chi connectivity index (χ0) is 14.7. The number of hydrogen-bond donors (Lipinski definition) is 0. The van der Waals surface area contributed by atoms with Gasteiger partial charge in [0.05, 0.1) is 11.7 Å². The van der Waals surface area contributed by atoms with E-state index in [1.165, 1.54) is 6.07 Å². The molecule has 3 nitrogen and oxygen atoms in total. The first kappa shape index (κ1) is 14.7. The minimum Gasteiger partial charge on any atom is -0.381 e. The van der Waals surface area contributed by atoms with Gasteiger partial charge in [-0.2, -0.15) is 0 Å². The highest BCUT2D eigenvalue weighted by Gasteiger charge is 2.25. The molecule has 4 heteroatoms. The zero-order valence-corrected chi connectivity index (χ0v) is 12.0. The Labute approximate surface area is 119 Å². The number of ether oxygens (including phenoxy) is 1. The molecular weight excluding hydrogens is 257 g/mol. The van der Waals surface area contributed by atoms with E-state index in [9.17, 15) is 9.18 Å². The Morgan fingerprint density at radius 2 is 2.10 bits per heavy atom. The van der Waals surface area contributed by atoms with Crippen molar-refractivity contribution in [2.45, 2.75) is 25.9 Å². The fraction of sp³-hybridized carbons (Fsp3) is 0.438. The molecule has 0 saturated carbocycles. The van der Waals surface area contributed by atoms with E-state index in [4.69, 9.17) is 4.74 Å². The summed E-state index contributed by atoms with van der Waals surface area (Å²) >= 11 is 0. The van der Waals surface area contributed by atoms with E-state index in [1.807, 2.05) is 0 Å². The van der Waals surface area contributed by atoms with Crippen LogP contribution in [0.4, 0.5) is 4.39 Å². The van der Waals surface area contributed by atoms with Crippen molar-refractivity contribution in [1.82, 2.24) is 4.90 Å². The Morgan fingerprint density at radius 3 is 2.65 bits per heavy atom. The molecule has 108 valence electrons. The first-order valence-electron chi connectivity index (χ1n) is 6.81. The maximum Gasteiger partial charge on any atom is 0.256 e. The standard InChI is InChI=1S/C16H20FNO2/c1-4-12-10-14(15(17)9-11(12)2)16(19)18-7-5-13(20-3)6-8-18/h4,9-10,13H,1,5-8H2,2-3H3. The molecule has 1 fully saturated rings. The molecule has 1 aliphatic heterocycles. The van der Waals surface area contributed by atoms with Gasteiger partial charge in [-0.1, -0.05) is 12.7 Å². The fourth-order valence-electron chi connectivity index (χ4n) is 2.54. The second-order valence-corrected chi connectivity index (χ2v) is 5.12. The van der Waals surface area contributed by atoms with Gasteiger partial charge in [0.15, 0.2) is 0 Å². The predicted octanol–water partition coefficient (Wildman–Crippen LogP) is 3.03. The number of halogens is 1. The van der Waals surface area contributed by atoms with E-state index >= 15 is 0 Å². The molecule has 1 aromatic rings. The molecule has 1 aromatic carbocycles. The highest BCUT2D eigenvalue weighted by atomic mass is 19.1. The molecule has 1 amide bonds. The average Bonchev–Trinajstić information content (AvgIpc) is 2.47. The van der Waals surface area contributed by atoms with Crippen LogP contribution in [0.5, 0.6) is 0 Å². The van der Waals surface area contributed by atoms with Crippen molar-refractivity contribution < 1.29 is 13.9 Å². The lowest BCUT2D eigenvalue weighted by Gasteiger charge is -2.31. The van der Waals surface area contributed by atoms with Crippen molar-refractivity contribution in [1.29, 1.82) is 0 Å². The number of rotatable bonds is 3. The Hall–Kier alpha value is -1.68. The summed E-state index contributed by atoms with van der Waals surface area (Å²) in [6.07, 6.45) is 3.43. The van der Waals surface area contributed by atoms with E-state index in [2.05, 4.69) is 6.58 Å². The molecule has 0 radical (unpaired) electrons. The van der Waals surface area contributed by atoms with E-state index in [1.54, 1.807) is 31.1 Å². The van der Waals surface area contributed by atoms with Crippen LogP contribution in [0.1, 0.15) is 34.3 Å². The van der Waals surface area contributed by atoms with Crippen LogP contribution in [0.2, 0.25) is 0 Å². The van der Waals surface area contributed by atoms with Crippen LogP contribution in [0.15, 0.2) is 18.7 Å². The maximum atomic E-state index is 14.0. The van der Waals surface area contributed by atoms with Crippen molar-refractivity contribution in [2.24, 2.45) is 0 Å². The Kier molecular flexibility index (Phi) is 4.55. The molecule has 0 bridgehead atoms. The number of amides is 1. The van der Waals surface area contributed by atoms with Crippen LogP contribution >= 0.6 is 0 Å². The molecule has 20 heavy (non-hydrogen) atoms. The first-order valence-corrected chi connectivity index (χ1v) is 6.81. The van der Waals surface area contributed by atoms with Crippen molar-refractivity contribution >= 4 is 12.0 Å². The molecule has 0 aliphatic carbocycles. The van der Waals surface area contributed by atoms with Crippen LogP contribution in [0.3, 0.4) is 0 Å². The van der Waals surface area contributed by atoms with Crippen LogP contribution in [0, 0.1) is 12.7 Å². The van der Waals surface area contributed by atoms with Gasteiger partial charge in [-0.15, -0.1) is 0 Å². The van der Waals surface area contributed by atoms with Crippen molar-refractivity contribution in [3.63, 3.8) is 0 Å². The van der Waals surface area contributed by atoms with Crippen LogP contribution in [-0.2, 0) is 4.74 Å². The van der Waals surface area contributed by atoms with Gasteiger partial charge in [0.2, 0.25) is 0 Å². The molecule has 0 spiro atoms. The summed E-state index contributed by atoms with van der Waals surface area (Å²) in [4.78, 5) is 14.1. The summed E-state index contributed by atoms with van der Waals surface area (Å²) in [5.41, 5.74) is 1.70. The smallest absolute Gasteiger partial charge is 0.256 e. The lowest BCUT2D eigenvalue weighted by atomic mass is 10.0. The second kappa shape index (κ2) is 6.18. The van der Waals surface area contributed by atoms with Gasteiger partial charge in [-0.3, -0.25) is 4.79 Å². The molecule has 1 saturated heterocycles. The number of hydrogen-bond acceptors (Lipinski definition) is 2. The van der Waals surface area contributed by atoms with Gasteiger partial charge in [-0.25, -0.2) is 4.39 Å². The van der Waals surface area contributed by atoms with Crippen LogP contribution in [0.25, 0.3) is 6.08 Å². The first-order chi connectivity index (χ1) is 9.56. The van der Waals surface area contributed by atoms with E-state index in [0.717, 1.165) is 24.0 Å². The van der Waals surface area contributed by atoms with Crippen molar-refractivity contribution in [3.8, 4) is 0 Å². The van der Waals surface area contributed by atoms with Crippen LogP contribution < -0.4 is 0 Å². The van der Waals surface area contributed by atoms with Crippen molar-refractivity contribution in [2.75, 3.05) is 20.2 Å². The zero-order valence-electron chi connectivity index (χ0n) is 12.0. The predicted molar refractivity (Wildman–Crippen MR) is 77.2 cm³/mol. The quantitative estimate of drug-likeness (QED) is 0.850. The molecule has 1 aliphatic rings. The molecule has 0 aromatic heterocycles.